The molecule has 2 saturated heterocycles. The minimum absolute atomic E-state index is 0.000234. The molecule has 3 aliphatic rings. The van der Waals surface area contributed by atoms with Crippen LogP contribution in [0.4, 0.5) is 4.79 Å². The SMILES string of the molecule is CC(C)CC[C@@]1(C2CCN(C(=O)c3onc4c3CCCC4)CC2)NC(=O)N(CCN(C)C)C1=O. The van der Waals surface area contributed by atoms with Crippen LogP contribution in [0.25, 0.3) is 0 Å². The molecular weight excluding hydrogens is 434 g/mol. The van der Waals surface area contributed by atoms with Crippen LogP contribution in [-0.4, -0.2) is 83.5 Å². The molecule has 1 atom stereocenters. The zero-order chi connectivity index (χ0) is 24.5. The van der Waals surface area contributed by atoms with Gasteiger partial charge in [-0.25, -0.2) is 4.79 Å². The minimum Gasteiger partial charge on any atom is -0.350 e. The summed E-state index contributed by atoms with van der Waals surface area (Å²) in [6.45, 7) is 6.38. The third-order valence-corrected chi connectivity index (χ3v) is 7.72. The van der Waals surface area contributed by atoms with Gasteiger partial charge in [-0.15, -0.1) is 0 Å². The average molecular weight is 474 g/mol. The van der Waals surface area contributed by atoms with Crippen molar-refractivity contribution in [2.24, 2.45) is 11.8 Å². The molecule has 0 aromatic carbocycles. The fourth-order valence-corrected chi connectivity index (χ4v) is 5.59. The summed E-state index contributed by atoms with van der Waals surface area (Å²) in [5.41, 5.74) is 1.02. The first-order chi connectivity index (χ1) is 16.2. The number of fused-ring (bicyclic) bond motifs is 1. The number of aryl methyl sites for hydroxylation is 1. The van der Waals surface area contributed by atoms with Crippen LogP contribution in [0.3, 0.4) is 0 Å². The standard InChI is InChI=1S/C25H39N5O4/c1-17(2)9-12-25(23(32)30(24(33)26-25)16-15-28(3)4)18-10-13-29(14-11-18)22(31)21-19-7-5-6-8-20(19)27-34-21/h17-18H,5-16H2,1-4H3,(H,26,33)/t25-/m0/s1. The van der Waals surface area contributed by atoms with E-state index in [4.69, 9.17) is 4.52 Å². The second-order valence-electron chi connectivity index (χ2n) is 10.8. The third-order valence-electron chi connectivity index (χ3n) is 7.72. The van der Waals surface area contributed by atoms with Crippen molar-refractivity contribution in [3.63, 3.8) is 0 Å². The molecule has 4 rings (SSSR count). The molecule has 2 aliphatic heterocycles. The minimum atomic E-state index is -0.881. The molecule has 0 radical (unpaired) electrons. The molecule has 4 amide bonds. The number of nitrogens with one attached hydrogen (secondary N) is 1. The highest BCUT2D eigenvalue weighted by atomic mass is 16.5. The van der Waals surface area contributed by atoms with Crippen LogP contribution in [0.15, 0.2) is 4.52 Å². The van der Waals surface area contributed by atoms with Gasteiger partial charge in [-0.1, -0.05) is 19.0 Å². The number of hydrogen-bond donors (Lipinski definition) is 1. The number of carbonyl (C=O) groups excluding carboxylic acids is 3. The Hall–Kier alpha value is -2.42. The van der Waals surface area contributed by atoms with E-state index < -0.39 is 5.54 Å². The zero-order valence-electron chi connectivity index (χ0n) is 21.1. The van der Waals surface area contributed by atoms with Gasteiger partial charge in [0, 0.05) is 31.7 Å². The molecule has 188 valence electrons. The Balaban J connectivity index is 1.47. The first kappa shape index (κ1) is 24.7. The van der Waals surface area contributed by atoms with Gasteiger partial charge < -0.3 is 19.6 Å². The van der Waals surface area contributed by atoms with Crippen molar-refractivity contribution in [3.05, 3.63) is 17.0 Å². The summed E-state index contributed by atoms with van der Waals surface area (Å²) in [7, 11) is 3.87. The normalized spacial score (nSPS) is 23.7. The molecule has 1 aromatic heterocycles. The van der Waals surface area contributed by atoms with E-state index >= 15 is 0 Å². The van der Waals surface area contributed by atoms with E-state index in [1.165, 1.54) is 4.90 Å². The molecule has 1 N–H and O–H groups in total. The number of imide groups is 1. The summed E-state index contributed by atoms with van der Waals surface area (Å²) >= 11 is 0. The Morgan fingerprint density at radius 1 is 1.21 bits per heavy atom. The predicted octanol–water partition coefficient (Wildman–Crippen LogP) is 2.69. The van der Waals surface area contributed by atoms with Crippen LogP contribution in [0.1, 0.15) is 74.2 Å². The smallest absolute Gasteiger partial charge is 0.325 e. The van der Waals surface area contributed by atoms with Crippen molar-refractivity contribution in [1.29, 1.82) is 0 Å². The molecule has 1 aliphatic carbocycles. The molecule has 9 nitrogen and oxygen atoms in total. The Bertz CT molecular complexity index is 918. The third kappa shape index (κ3) is 4.72. The van der Waals surface area contributed by atoms with Crippen LogP contribution < -0.4 is 5.32 Å². The van der Waals surface area contributed by atoms with Crippen molar-refractivity contribution >= 4 is 17.8 Å². The second kappa shape index (κ2) is 10.1. The topological polar surface area (TPSA) is 99.0 Å². The van der Waals surface area contributed by atoms with Gasteiger partial charge in [0.1, 0.15) is 5.54 Å². The molecule has 3 heterocycles. The molecule has 0 bridgehead atoms. The van der Waals surface area contributed by atoms with Gasteiger partial charge in [0.15, 0.2) is 0 Å². The number of aromatic nitrogens is 1. The van der Waals surface area contributed by atoms with E-state index in [9.17, 15) is 14.4 Å². The Kier molecular flexibility index (Phi) is 7.31. The lowest BCUT2D eigenvalue weighted by atomic mass is 9.73. The highest BCUT2D eigenvalue weighted by Crippen LogP contribution is 2.38. The van der Waals surface area contributed by atoms with Crippen molar-refractivity contribution in [1.82, 2.24) is 25.2 Å². The maximum Gasteiger partial charge on any atom is 0.325 e. The van der Waals surface area contributed by atoms with Crippen molar-refractivity contribution in [3.8, 4) is 0 Å². The lowest BCUT2D eigenvalue weighted by molar-refractivity contribution is -0.134. The summed E-state index contributed by atoms with van der Waals surface area (Å²) < 4.78 is 5.47. The molecular formula is C25H39N5O4. The van der Waals surface area contributed by atoms with Gasteiger partial charge in [0.05, 0.1) is 5.69 Å². The Morgan fingerprint density at radius 2 is 1.91 bits per heavy atom. The molecule has 2 fully saturated rings. The number of hydrogen-bond acceptors (Lipinski definition) is 6. The first-order valence-electron chi connectivity index (χ1n) is 12.8. The highest BCUT2D eigenvalue weighted by molar-refractivity contribution is 6.07. The van der Waals surface area contributed by atoms with Gasteiger partial charge in [-0.05, 0) is 77.3 Å². The van der Waals surface area contributed by atoms with E-state index in [-0.39, 0.29) is 23.8 Å². The maximum atomic E-state index is 13.6. The average Bonchev–Trinajstić information content (AvgIpc) is 3.35. The number of likely N-dealkylation sites (N-methyl/N-ethyl adjacent to an activating group) is 1. The number of piperidine rings is 1. The molecule has 34 heavy (non-hydrogen) atoms. The number of urea groups is 1. The number of carbonyl (C=O) groups is 3. The number of amides is 4. The quantitative estimate of drug-likeness (QED) is 0.583. The van der Waals surface area contributed by atoms with Crippen LogP contribution in [0, 0.1) is 11.8 Å². The molecule has 0 saturated carbocycles. The van der Waals surface area contributed by atoms with Crippen molar-refractivity contribution < 1.29 is 18.9 Å². The van der Waals surface area contributed by atoms with E-state index in [1.54, 1.807) is 0 Å². The fourth-order valence-electron chi connectivity index (χ4n) is 5.59. The van der Waals surface area contributed by atoms with Crippen molar-refractivity contribution in [2.45, 2.75) is 70.8 Å². The van der Waals surface area contributed by atoms with Gasteiger partial charge >= 0.3 is 6.03 Å². The van der Waals surface area contributed by atoms with Crippen LogP contribution >= 0.6 is 0 Å². The summed E-state index contributed by atoms with van der Waals surface area (Å²) in [6.07, 6.45) is 6.69. The van der Waals surface area contributed by atoms with Gasteiger partial charge in [0.25, 0.3) is 11.8 Å². The van der Waals surface area contributed by atoms with Gasteiger partial charge in [0.2, 0.25) is 5.76 Å². The molecule has 0 unspecified atom stereocenters. The Morgan fingerprint density at radius 3 is 2.59 bits per heavy atom. The largest absolute Gasteiger partial charge is 0.350 e. The van der Waals surface area contributed by atoms with Crippen LogP contribution in [0.5, 0.6) is 0 Å². The lowest BCUT2D eigenvalue weighted by Crippen LogP contribution is -2.56. The highest BCUT2D eigenvalue weighted by Gasteiger charge is 2.55. The predicted molar refractivity (Wildman–Crippen MR) is 127 cm³/mol. The second-order valence-corrected chi connectivity index (χ2v) is 10.8. The summed E-state index contributed by atoms with van der Waals surface area (Å²) in [5, 5.41) is 7.25. The number of nitrogens with zero attached hydrogens (tertiary/aromatic N) is 4. The molecule has 1 aromatic rings. The summed E-state index contributed by atoms with van der Waals surface area (Å²) in [5.74, 6) is 0.619. The van der Waals surface area contributed by atoms with Crippen LogP contribution in [-0.2, 0) is 17.6 Å². The Labute approximate surface area is 202 Å². The molecule has 9 heteroatoms. The van der Waals surface area contributed by atoms with Gasteiger partial charge in [-0.3, -0.25) is 14.5 Å². The number of likely N-dealkylation sites (tertiary alicyclic amines) is 1. The van der Waals surface area contributed by atoms with E-state index in [2.05, 4.69) is 24.3 Å². The van der Waals surface area contributed by atoms with E-state index in [0.717, 1.165) is 43.4 Å². The fraction of sp³-hybridized carbons (Fsp3) is 0.760. The van der Waals surface area contributed by atoms with Gasteiger partial charge in [-0.2, -0.15) is 0 Å². The lowest BCUT2D eigenvalue weighted by Gasteiger charge is -2.41. The zero-order valence-corrected chi connectivity index (χ0v) is 21.1. The van der Waals surface area contributed by atoms with Crippen molar-refractivity contribution in [2.75, 3.05) is 40.3 Å². The summed E-state index contributed by atoms with van der Waals surface area (Å²) in [6, 6.07) is -0.289. The maximum absolute atomic E-state index is 13.6. The van der Waals surface area contributed by atoms with E-state index in [1.807, 2.05) is 23.9 Å². The van der Waals surface area contributed by atoms with Crippen LogP contribution in [0.2, 0.25) is 0 Å². The number of rotatable bonds is 8. The summed E-state index contributed by atoms with van der Waals surface area (Å²) in [4.78, 5) is 44.9. The monoisotopic (exact) mass is 473 g/mol. The molecule has 0 spiro atoms. The first-order valence-corrected chi connectivity index (χ1v) is 12.8. The van der Waals surface area contributed by atoms with E-state index in [0.29, 0.717) is 57.1 Å².